The van der Waals surface area contributed by atoms with E-state index in [2.05, 4.69) is 12.6 Å². The van der Waals surface area contributed by atoms with E-state index in [0.717, 1.165) is 4.90 Å². The van der Waals surface area contributed by atoms with Crippen LogP contribution in [-0.4, -0.2) is 78.8 Å². The van der Waals surface area contributed by atoms with Gasteiger partial charge >= 0.3 is 6.09 Å². The van der Waals surface area contributed by atoms with Crippen LogP contribution in [0.5, 0.6) is 0 Å². The molecule has 0 N–H and O–H groups in total. The summed E-state index contributed by atoms with van der Waals surface area (Å²) in [6.45, 7) is 1.91. The highest BCUT2D eigenvalue weighted by Gasteiger charge is 2.36. The zero-order valence-corrected chi connectivity index (χ0v) is 22.4. The number of thioether (sulfide) groups is 1. The molecular weight excluding hydrogens is 550 g/mol. The van der Waals surface area contributed by atoms with Crippen LogP contribution in [0.15, 0.2) is 41.3 Å². The fraction of sp³-hybridized carbons (Fsp3) is 0.348. The molecule has 2 aromatic carbocycles. The number of hydrogen-bond acceptors (Lipinski definition) is 6. The lowest BCUT2D eigenvalue weighted by molar-refractivity contribution is -0.128. The highest BCUT2D eigenvalue weighted by molar-refractivity contribution is 8.00. The van der Waals surface area contributed by atoms with Crippen LogP contribution in [-0.2, 0) is 9.53 Å². The number of anilines is 2. The van der Waals surface area contributed by atoms with Crippen molar-refractivity contribution in [1.82, 2.24) is 9.80 Å². The van der Waals surface area contributed by atoms with Crippen molar-refractivity contribution in [3.63, 3.8) is 0 Å². The number of benzene rings is 2. The molecule has 2 heterocycles. The number of hydrogen-bond donors (Lipinski definition) is 1. The van der Waals surface area contributed by atoms with Crippen molar-refractivity contribution in [3.05, 3.63) is 52.3 Å². The second-order valence-electron chi connectivity index (χ2n) is 8.21. The number of carbonyl (C=O) groups is 3. The first-order chi connectivity index (χ1) is 17.1. The van der Waals surface area contributed by atoms with Gasteiger partial charge in [0.1, 0.15) is 5.82 Å². The SMILES string of the molecule is CN(C(=O)S)C1CN(c2ccc(N3CCN(C(=O)CSc4cc(Cl)ccc4Cl)CC3)c(F)c2)C(=O)O1. The first-order valence-electron chi connectivity index (χ1n) is 11.0. The van der Waals surface area contributed by atoms with Gasteiger partial charge in [0.15, 0.2) is 6.23 Å². The minimum Gasteiger partial charge on any atom is -0.423 e. The predicted octanol–water partition coefficient (Wildman–Crippen LogP) is 4.84. The monoisotopic (exact) mass is 572 g/mol. The number of halogens is 3. The lowest BCUT2D eigenvalue weighted by atomic mass is 10.2. The van der Waals surface area contributed by atoms with Crippen molar-refractivity contribution < 1.29 is 23.5 Å². The fourth-order valence-electron chi connectivity index (χ4n) is 3.92. The molecule has 36 heavy (non-hydrogen) atoms. The van der Waals surface area contributed by atoms with Gasteiger partial charge in [-0.1, -0.05) is 35.8 Å². The molecule has 1 unspecified atom stereocenters. The molecule has 4 rings (SSSR count). The molecule has 192 valence electrons. The van der Waals surface area contributed by atoms with Gasteiger partial charge in [-0.15, -0.1) is 11.8 Å². The maximum atomic E-state index is 15.0. The van der Waals surface area contributed by atoms with Crippen LogP contribution in [0.1, 0.15) is 0 Å². The van der Waals surface area contributed by atoms with Gasteiger partial charge in [0.2, 0.25) is 5.91 Å². The number of piperazine rings is 1. The van der Waals surface area contributed by atoms with Gasteiger partial charge < -0.3 is 14.5 Å². The van der Waals surface area contributed by atoms with Crippen molar-refractivity contribution >= 4 is 76.2 Å². The topological polar surface area (TPSA) is 73.4 Å². The summed E-state index contributed by atoms with van der Waals surface area (Å²) in [5.41, 5.74) is 0.715. The Kier molecular flexibility index (Phi) is 8.44. The molecule has 1 atom stereocenters. The Hall–Kier alpha value is -2.34. The summed E-state index contributed by atoms with van der Waals surface area (Å²) in [4.78, 5) is 43.2. The summed E-state index contributed by atoms with van der Waals surface area (Å²) in [6.07, 6.45) is -1.47. The summed E-state index contributed by atoms with van der Waals surface area (Å²) in [5, 5.41) is 0.555. The lowest BCUT2D eigenvalue weighted by Crippen LogP contribution is -2.49. The Morgan fingerprint density at radius 2 is 1.89 bits per heavy atom. The summed E-state index contributed by atoms with van der Waals surface area (Å²) in [7, 11) is 1.47. The van der Waals surface area contributed by atoms with E-state index in [1.807, 2.05) is 4.90 Å². The second-order valence-corrected chi connectivity index (χ2v) is 10.5. The van der Waals surface area contributed by atoms with Crippen molar-refractivity contribution in [2.24, 2.45) is 0 Å². The summed E-state index contributed by atoms with van der Waals surface area (Å²) in [6, 6.07) is 9.62. The van der Waals surface area contributed by atoms with E-state index < -0.39 is 23.4 Å². The van der Waals surface area contributed by atoms with Crippen LogP contribution in [0, 0.1) is 5.82 Å². The molecular formula is C23H23Cl2FN4O4S2. The third kappa shape index (κ3) is 5.96. The smallest absolute Gasteiger partial charge is 0.416 e. The van der Waals surface area contributed by atoms with E-state index in [0.29, 0.717) is 47.6 Å². The van der Waals surface area contributed by atoms with Crippen LogP contribution in [0.2, 0.25) is 10.0 Å². The molecule has 8 nitrogen and oxygen atoms in total. The molecule has 0 radical (unpaired) electrons. The first kappa shape index (κ1) is 26.7. The second kappa shape index (κ2) is 11.4. The molecule has 0 aliphatic carbocycles. The third-order valence-electron chi connectivity index (χ3n) is 5.99. The first-order valence-corrected chi connectivity index (χ1v) is 13.2. The number of rotatable bonds is 6. The minimum absolute atomic E-state index is 0.0294. The molecule has 0 bridgehead atoms. The molecule has 2 saturated heterocycles. The van der Waals surface area contributed by atoms with E-state index >= 15 is 4.39 Å². The molecule has 13 heteroatoms. The maximum Gasteiger partial charge on any atom is 0.416 e. The third-order valence-corrected chi connectivity index (χ3v) is 8.02. The molecule has 2 aromatic rings. The van der Waals surface area contributed by atoms with Crippen molar-refractivity contribution in [2.75, 3.05) is 55.3 Å². The zero-order chi connectivity index (χ0) is 26.0. The largest absolute Gasteiger partial charge is 0.423 e. The van der Waals surface area contributed by atoms with Gasteiger partial charge in [-0.25, -0.2) is 9.18 Å². The molecule has 2 fully saturated rings. The van der Waals surface area contributed by atoms with Crippen LogP contribution in [0.25, 0.3) is 0 Å². The number of amides is 3. The summed E-state index contributed by atoms with van der Waals surface area (Å²) < 4.78 is 20.2. The molecule has 2 aliphatic heterocycles. The highest BCUT2D eigenvalue weighted by atomic mass is 35.5. The molecule has 2 aliphatic rings. The fourth-order valence-corrected chi connectivity index (χ4v) is 5.44. The van der Waals surface area contributed by atoms with E-state index in [4.69, 9.17) is 27.9 Å². The number of ether oxygens (including phenoxy) is 1. The Morgan fingerprint density at radius 3 is 2.56 bits per heavy atom. The number of carbonyl (C=O) groups excluding carboxylic acids is 3. The molecule has 3 amide bonds. The lowest BCUT2D eigenvalue weighted by Gasteiger charge is -2.36. The van der Waals surface area contributed by atoms with Gasteiger partial charge in [-0.05, 0) is 36.4 Å². The van der Waals surface area contributed by atoms with E-state index in [1.54, 1.807) is 35.2 Å². The van der Waals surface area contributed by atoms with Crippen LogP contribution in [0.3, 0.4) is 0 Å². The number of thiol groups is 1. The summed E-state index contributed by atoms with van der Waals surface area (Å²) >= 11 is 17.2. The van der Waals surface area contributed by atoms with Crippen LogP contribution < -0.4 is 9.80 Å². The van der Waals surface area contributed by atoms with Gasteiger partial charge in [-0.2, -0.15) is 0 Å². The normalized spacial score (nSPS) is 17.9. The average Bonchev–Trinajstić information content (AvgIpc) is 3.25. The van der Waals surface area contributed by atoms with Gasteiger partial charge in [0.25, 0.3) is 5.24 Å². The number of cyclic esters (lactones) is 1. The quantitative estimate of drug-likeness (QED) is 0.394. The standard InChI is InChI=1S/C23H23Cl2FN4O4S2/c1-27(23(33)35)21-12-30(22(32)34-21)15-3-5-18(17(26)11-15)28-6-8-29(9-7-28)20(31)13-36-19-10-14(24)2-4-16(19)25/h2-5,10-11,21H,6-9,12-13H2,1H3,(H,33,35). The van der Waals surface area contributed by atoms with Crippen molar-refractivity contribution in [1.29, 1.82) is 0 Å². The number of likely N-dealkylation sites (N-methyl/N-ethyl adjacent to an activating group) is 1. The average molecular weight is 573 g/mol. The van der Waals surface area contributed by atoms with Gasteiger partial charge in [0.05, 0.1) is 28.7 Å². The molecule has 0 saturated carbocycles. The van der Waals surface area contributed by atoms with E-state index in [1.165, 1.54) is 34.7 Å². The van der Waals surface area contributed by atoms with E-state index in [9.17, 15) is 14.4 Å². The Labute approximate surface area is 227 Å². The summed E-state index contributed by atoms with van der Waals surface area (Å²) in [5.74, 6) is -0.295. The molecule has 0 aromatic heterocycles. The molecule has 0 spiro atoms. The van der Waals surface area contributed by atoms with Crippen molar-refractivity contribution in [2.45, 2.75) is 11.1 Å². The zero-order valence-electron chi connectivity index (χ0n) is 19.2. The van der Waals surface area contributed by atoms with Crippen LogP contribution >= 0.6 is 47.6 Å². The minimum atomic E-state index is -0.802. The van der Waals surface area contributed by atoms with Gasteiger partial charge in [-0.3, -0.25) is 19.4 Å². The Balaban J connectivity index is 1.33. The van der Waals surface area contributed by atoms with Crippen molar-refractivity contribution in [3.8, 4) is 0 Å². The Bertz CT molecular complexity index is 1180. The Morgan fingerprint density at radius 1 is 1.17 bits per heavy atom. The van der Waals surface area contributed by atoms with Gasteiger partial charge in [0, 0.05) is 43.1 Å². The highest BCUT2D eigenvalue weighted by Crippen LogP contribution is 2.31. The van der Waals surface area contributed by atoms with E-state index in [-0.39, 0.29) is 18.2 Å². The maximum absolute atomic E-state index is 15.0. The number of nitrogens with zero attached hydrogens (tertiary/aromatic N) is 4. The predicted molar refractivity (Wildman–Crippen MR) is 142 cm³/mol. The van der Waals surface area contributed by atoms with Crippen LogP contribution in [0.4, 0.5) is 25.4 Å².